The highest BCUT2D eigenvalue weighted by Crippen LogP contribution is 2.43. The zero-order chi connectivity index (χ0) is 32.8. The van der Waals surface area contributed by atoms with Gasteiger partial charge in [-0.3, -0.25) is 9.59 Å². The Balaban J connectivity index is 1.61. The summed E-state index contributed by atoms with van der Waals surface area (Å²) >= 11 is 0. The summed E-state index contributed by atoms with van der Waals surface area (Å²) < 4.78 is 57.9. The van der Waals surface area contributed by atoms with E-state index < -0.39 is 77.3 Å². The van der Waals surface area contributed by atoms with Crippen molar-refractivity contribution in [2.24, 2.45) is 17.3 Å². The van der Waals surface area contributed by atoms with Gasteiger partial charge in [-0.05, 0) is 60.9 Å². The number of aromatic nitrogens is 1. The molecule has 45 heavy (non-hydrogen) atoms. The van der Waals surface area contributed by atoms with Crippen molar-refractivity contribution in [2.45, 2.75) is 104 Å². The maximum absolute atomic E-state index is 16.0. The van der Waals surface area contributed by atoms with Gasteiger partial charge in [-0.1, -0.05) is 41.5 Å². The number of alkyl carbamates (subject to hydrolysis) is 1. The van der Waals surface area contributed by atoms with Gasteiger partial charge in [0.1, 0.15) is 24.1 Å². The molecule has 244 valence electrons. The first kappa shape index (κ1) is 32.8. The van der Waals surface area contributed by atoms with Crippen LogP contribution in [-0.4, -0.2) is 58.5 Å². The molecule has 1 aromatic heterocycles. The van der Waals surface area contributed by atoms with Crippen molar-refractivity contribution < 1.29 is 37.0 Å². The lowest BCUT2D eigenvalue weighted by atomic mass is 9.84. The zero-order valence-electron chi connectivity index (χ0n) is 26.7. The van der Waals surface area contributed by atoms with Crippen molar-refractivity contribution >= 4 is 28.7 Å². The van der Waals surface area contributed by atoms with Gasteiger partial charge in [-0.2, -0.15) is 0 Å². The van der Waals surface area contributed by atoms with E-state index in [4.69, 9.17) is 9.47 Å². The van der Waals surface area contributed by atoms with Crippen molar-refractivity contribution in [1.29, 1.82) is 0 Å². The number of ketones is 1. The Labute approximate surface area is 261 Å². The molecule has 1 saturated heterocycles. The lowest BCUT2D eigenvalue weighted by Crippen LogP contribution is -2.57. The number of nitrogens with zero attached hydrogens (tertiary/aromatic N) is 2. The normalized spacial score (nSPS) is 27.4. The van der Waals surface area contributed by atoms with Crippen LogP contribution < -0.4 is 10.1 Å². The maximum atomic E-state index is 16.0. The van der Waals surface area contributed by atoms with Gasteiger partial charge >= 0.3 is 6.09 Å². The highest BCUT2D eigenvalue weighted by Gasteiger charge is 2.52. The van der Waals surface area contributed by atoms with E-state index in [1.165, 1.54) is 23.1 Å². The monoisotopic (exact) mass is 629 g/mol. The summed E-state index contributed by atoms with van der Waals surface area (Å²) in [5.41, 5.74) is -0.187. The first-order chi connectivity index (χ1) is 21.1. The van der Waals surface area contributed by atoms with Crippen molar-refractivity contribution in [3.63, 3.8) is 0 Å². The fourth-order valence-electron chi connectivity index (χ4n) is 6.41. The van der Waals surface area contributed by atoms with Gasteiger partial charge in [0.05, 0.1) is 23.7 Å². The largest absolute Gasteiger partial charge is 0.472 e. The Morgan fingerprint density at radius 2 is 1.89 bits per heavy atom. The van der Waals surface area contributed by atoms with Gasteiger partial charge in [0.15, 0.2) is 5.78 Å². The van der Waals surface area contributed by atoms with Crippen molar-refractivity contribution in [2.75, 3.05) is 6.54 Å². The number of carbonyl (C=O) groups excluding carboxylic acids is 3. The molecule has 2 bridgehead atoms. The minimum absolute atomic E-state index is 0.0913. The Morgan fingerprint density at radius 1 is 1.16 bits per heavy atom. The SMILES string of the molecule is CCC1C2CN(C(=O)C(C(C)(C)C)NC(=O)OC3C=C3CCCCC(F)(F)c3cc4ccc(F)cc4nc3O2)C1C(=O)C(C)C. The van der Waals surface area contributed by atoms with E-state index >= 15 is 8.78 Å². The first-order valence-corrected chi connectivity index (χ1v) is 15.8. The first-order valence-electron chi connectivity index (χ1n) is 15.8. The van der Waals surface area contributed by atoms with Gasteiger partial charge < -0.3 is 19.7 Å². The van der Waals surface area contributed by atoms with Gasteiger partial charge in [0.2, 0.25) is 11.8 Å². The molecule has 3 heterocycles. The molecule has 2 aromatic rings. The standard InChI is InChI=1S/C34H42F3N3O5/c1-7-22-26-17-40(27(22)28(41)18(2)3)31(42)29(33(4,5)6)39-32(43)45-25-15-20(25)10-8-9-13-34(36,37)23-14-19-11-12-21(35)16-24(19)38-30(23)44-26/h11-12,14-16,18,22,25-27,29H,7-10,13,17H2,1-6H3,(H,39,43). The van der Waals surface area contributed by atoms with E-state index in [1.54, 1.807) is 40.7 Å². The van der Waals surface area contributed by atoms with Crippen LogP contribution in [-0.2, 0) is 20.2 Å². The number of amides is 2. The van der Waals surface area contributed by atoms with E-state index in [9.17, 15) is 18.8 Å². The number of carbonyl (C=O) groups is 3. The molecule has 0 saturated carbocycles. The number of ether oxygens (including phenoxy) is 2. The number of nitrogens with one attached hydrogen (secondary N) is 1. The number of pyridine rings is 1. The molecule has 0 radical (unpaired) electrons. The van der Waals surface area contributed by atoms with E-state index in [1.807, 2.05) is 6.92 Å². The lowest BCUT2D eigenvalue weighted by molar-refractivity contribution is -0.143. The average Bonchev–Trinajstić information content (AvgIpc) is 3.59. The highest BCUT2D eigenvalue weighted by atomic mass is 19.3. The van der Waals surface area contributed by atoms with Crippen LogP contribution in [0.5, 0.6) is 5.88 Å². The maximum Gasteiger partial charge on any atom is 0.408 e. The van der Waals surface area contributed by atoms with E-state index in [2.05, 4.69) is 10.3 Å². The van der Waals surface area contributed by atoms with Crippen LogP contribution in [0.15, 0.2) is 35.9 Å². The predicted molar refractivity (Wildman–Crippen MR) is 162 cm³/mol. The van der Waals surface area contributed by atoms with Crippen LogP contribution in [0.4, 0.5) is 18.0 Å². The van der Waals surface area contributed by atoms with Crippen LogP contribution in [0.25, 0.3) is 10.9 Å². The summed E-state index contributed by atoms with van der Waals surface area (Å²) in [6, 6.07) is 3.08. The number of fused-ring (bicyclic) bond motifs is 5. The molecule has 5 atom stereocenters. The summed E-state index contributed by atoms with van der Waals surface area (Å²) in [6.07, 6.45) is 0.615. The Bertz CT molecular complexity index is 1520. The molecule has 1 fully saturated rings. The molecule has 5 unspecified atom stereocenters. The van der Waals surface area contributed by atoms with Crippen LogP contribution in [0.3, 0.4) is 0 Å². The molecule has 1 aliphatic carbocycles. The number of alkyl halides is 2. The second-order valence-corrected chi connectivity index (χ2v) is 13.8. The Morgan fingerprint density at radius 3 is 2.56 bits per heavy atom. The number of rotatable bonds is 3. The second-order valence-electron chi connectivity index (χ2n) is 13.8. The molecule has 5 rings (SSSR count). The zero-order valence-corrected chi connectivity index (χ0v) is 26.7. The van der Waals surface area contributed by atoms with E-state index in [0.717, 1.165) is 11.6 Å². The number of hydrogen-bond donors (Lipinski definition) is 1. The van der Waals surface area contributed by atoms with E-state index in [0.29, 0.717) is 24.6 Å². The number of halogens is 3. The summed E-state index contributed by atoms with van der Waals surface area (Å²) in [4.78, 5) is 46.7. The molecular formula is C34H42F3N3O5. The molecule has 3 aliphatic rings. The molecule has 11 heteroatoms. The fourth-order valence-corrected chi connectivity index (χ4v) is 6.41. The molecular weight excluding hydrogens is 587 g/mol. The summed E-state index contributed by atoms with van der Waals surface area (Å²) in [5, 5.41) is 3.08. The summed E-state index contributed by atoms with van der Waals surface area (Å²) in [7, 11) is 0. The third-order valence-electron chi connectivity index (χ3n) is 9.05. The minimum Gasteiger partial charge on any atom is -0.472 e. The number of Topliss-reactive ketones (excluding diaryl/α,β-unsaturated/α-hetero) is 1. The third-order valence-corrected chi connectivity index (χ3v) is 9.05. The van der Waals surface area contributed by atoms with Crippen molar-refractivity contribution in [1.82, 2.24) is 15.2 Å². The van der Waals surface area contributed by atoms with Crippen LogP contribution in [0, 0.1) is 23.1 Å². The lowest BCUT2D eigenvalue weighted by Gasteiger charge is -2.36. The number of benzene rings is 1. The number of hydrogen-bond acceptors (Lipinski definition) is 6. The molecule has 0 spiro atoms. The van der Waals surface area contributed by atoms with Gasteiger partial charge in [-0.15, -0.1) is 0 Å². The highest BCUT2D eigenvalue weighted by molar-refractivity contribution is 5.94. The van der Waals surface area contributed by atoms with E-state index in [-0.39, 0.29) is 30.1 Å². The Hall–Kier alpha value is -3.63. The molecule has 2 aliphatic heterocycles. The van der Waals surface area contributed by atoms with Crippen LogP contribution >= 0.6 is 0 Å². The average molecular weight is 630 g/mol. The summed E-state index contributed by atoms with van der Waals surface area (Å²) in [6.45, 7) is 10.6. The molecule has 8 nitrogen and oxygen atoms in total. The second kappa shape index (κ2) is 12.3. The van der Waals surface area contributed by atoms with Crippen LogP contribution in [0.2, 0.25) is 0 Å². The van der Waals surface area contributed by atoms with Gasteiger partial charge in [-0.25, -0.2) is 22.9 Å². The smallest absolute Gasteiger partial charge is 0.408 e. The minimum atomic E-state index is -3.33. The third kappa shape index (κ3) is 6.82. The fraction of sp³-hybridized carbons (Fsp3) is 0.588. The topological polar surface area (TPSA) is 97.8 Å². The predicted octanol–water partition coefficient (Wildman–Crippen LogP) is 6.70. The van der Waals surface area contributed by atoms with Crippen LogP contribution in [0.1, 0.15) is 79.2 Å². The molecule has 1 aromatic carbocycles. The Kier molecular flexibility index (Phi) is 8.94. The van der Waals surface area contributed by atoms with Crippen molar-refractivity contribution in [3.8, 4) is 5.88 Å². The van der Waals surface area contributed by atoms with Gasteiger partial charge in [0.25, 0.3) is 5.92 Å². The molecule has 1 N–H and O–H groups in total. The van der Waals surface area contributed by atoms with Gasteiger partial charge in [0, 0.05) is 29.7 Å². The quantitative estimate of drug-likeness (QED) is 0.380. The molecule has 2 amide bonds. The van der Waals surface area contributed by atoms with Crippen molar-refractivity contribution in [3.05, 3.63) is 47.3 Å². The summed E-state index contributed by atoms with van der Waals surface area (Å²) in [5.74, 6) is -5.92.